The molecule has 0 fully saturated rings. The summed E-state index contributed by atoms with van der Waals surface area (Å²) in [5, 5.41) is 7.31. The van der Waals surface area contributed by atoms with Crippen LogP contribution < -0.4 is 4.90 Å². The quantitative estimate of drug-likeness (QED) is 0.186. The zero-order valence-corrected chi connectivity index (χ0v) is 27.3. The van der Waals surface area contributed by atoms with Crippen LogP contribution in [0.3, 0.4) is 0 Å². The highest BCUT2D eigenvalue weighted by molar-refractivity contribution is 7.26. The van der Waals surface area contributed by atoms with E-state index in [1.807, 2.05) is 17.4 Å². The Balaban J connectivity index is 1.22. The Morgan fingerprint density at radius 3 is 1.94 bits per heavy atom. The molecule has 0 aliphatic heterocycles. The highest BCUT2D eigenvalue weighted by Gasteiger charge is 2.23. The molecular weight excluding hydrogens is 615 g/mol. The van der Waals surface area contributed by atoms with Crippen molar-refractivity contribution in [3.63, 3.8) is 0 Å². The first-order valence-corrected chi connectivity index (χ1v) is 17.4. The molecule has 2 aromatic heterocycles. The molecule has 0 aliphatic carbocycles. The summed E-state index contributed by atoms with van der Waals surface area (Å²) in [4.78, 5) is 2.42. The van der Waals surface area contributed by atoms with E-state index < -0.39 is 0 Å². The van der Waals surface area contributed by atoms with Crippen molar-refractivity contribution in [2.45, 2.75) is 0 Å². The average Bonchev–Trinajstić information content (AvgIpc) is 3.74. The molecule has 2 heterocycles. The lowest BCUT2D eigenvalue weighted by atomic mass is 9.97. The molecule has 8 aromatic carbocycles. The lowest BCUT2D eigenvalue weighted by Crippen LogP contribution is -2.11. The van der Waals surface area contributed by atoms with Crippen LogP contribution in [0, 0.1) is 0 Å². The first kappa shape index (κ1) is 27.9. The van der Waals surface area contributed by atoms with Gasteiger partial charge in [-0.15, -0.1) is 11.3 Å². The lowest BCUT2D eigenvalue weighted by Gasteiger charge is -2.29. The topological polar surface area (TPSA) is 16.4 Å². The predicted molar refractivity (Wildman–Crippen MR) is 210 cm³/mol. The molecule has 0 saturated carbocycles. The summed E-state index contributed by atoms with van der Waals surface area (Å²) >= 11 is 1.87. The van der Waals surface area contributed by atoms with E-state index >= 15 is 0 Å². The van der Waals surface area contributed by atoms with E-state index in [2.05, 4.69) is 175 Å². The molecule has 0 bridgehead atoms. The molecule has 0 unspecified atom stereocenters. The van der Waals surface area contributed by atoms with Gasteiger partial charge in [0.05, 0.1) is 16.8 Å². The summed E-state index contributed by atoms with van der Waals surface area (Å²) in [6.07, 6.45) is 0. The van der Waals surface area contributed by atoms with E-state index in [4.69, 9.17) is 4.42 Å². The summed E-state index contributed by atoms with van der Waals surface area (Å²) in [5.41, 5.74) is 9.88. The van der Waals surface area contributed by atoms with Gasteiger partial charge in [0, 0.05) is 42.4 Å². The Kier molecular flexibility index (Phi) is 6.39. The lowest BCUT2D eigenvalue weighted by molar-refractivity contribution is 0.669. The number of hydrogen-bond acceptors (Lipinski definition) is 3. The van der Waals surface area contributed by atoms with Gasteiger partial charge >= 0.3 is 0 Å². The van der Waals surface area contributed by atoms with E-state index in [9.17, 15) is 0 Å². The van der Waals surface area contributed by atoms with Crippen molar-refractivity contribution in [3.8, 4) is 22.3 Å². The van der Waals surface area contributed by atoms with Crippen molar-refractivity contribution < 1.29 is 4.42 Å². The van der Waals surface area contributed by atoms with Crippen molar-refractivity contribution in [2.75, 3.05) is 4.90 Å². The molecule has 0 atom stereocenters. The minimum absolute atomic E-state index is 0.875. The van der Waals surface area contributed by atoms with Gasteiger partial charge in [-0.1, -0.05) is 133 Å². The van der Waals surface area contributed by atoms with Gasteiger partial charge in [0.15, 0.2) is 0 Å². The molecule has 3 heteroatoms. The van der Waals surface area contributed by atoms with Crippen LogP contribution in [0.1, 0.15) is 0 Å². The first-order chi connectivity index (χ1) is 24.3. The van der Waals surface area contributed by atoms with E-state index in [1.165, 1.54) is 53.2 Å². The van der Waals surface area contributed by atoms with E-state index in [1.54, 1.807) is 0 Å². The molecule has 0 N–H and O–H groups in total. The van der Waals surface area contributed by atoms with Crippen molar-refractivity contribution in [2.24, 2.45) is 0 Å². The fraction of sp³-hybridized carbons (Fsp3) is 0. The van der Waals surface area contributed by atoms with Crippen LogP contribution >= 0.6 is 11.3 Å². The van der Waals surface area contributed by atoms with E-state index in [0.717, 1.165) is 39.0 Å². The molecular formula is C46H29NOS. The number of hydrogen-bond donors (Lipinski definition) is 0. The molecule has 49 heavy (non-hydrogen) atoms. The van der Waals surface area contributed by atoms with Gasteiger partial charge in [-0.3, -0.25) is 0 Å². The van der Waals surface area contributed by atoms with Gasteiger partial charge in [0.1, 0.15) is 11.2 Å². The summed E-state index contributed by atoms with van der Waals surface area (Å²) in [7, 11) is 0. The summed E-state index contributed by atoms with van der Waals surface area (Å²) in [6, 6.07) is 63.2. The molecule has 0 saturated heterocycles. The number of furan rings is 1. The zero-order chi connectivity index (χ0) is 32.3. The Hall–Kier alpha value is -6.16. The second kappa shape index (κ2) is 11.2. The maximum Gasteiger partial charge on any atom is 0.137 e. The van der Waals surface area contributed by atoms with E-state index in [-0.39, 0.29) is 0 Å². The second-order valence-corrected chi connectivity index (χ2v) is 13.5. The Morgan fingerprint density at radius 1 is 0.408 bits per heavy atom. The minimum atomic E-state index is 0.875. The fourth-order valence-electron chi connectivity index (χ4n) is 7.47. The van der Waals surface area contributed by atoms with Gasteiger partial charge in [0.25, 0.3) is 0 Å². The van der Waals surface area contributed by atoms with Crippen LogP contribution in [-0.2, 0) is 0 Å². The van der Waals surface area contributed by atoms with Crippen LogP contribution in [0.25, 0.3) is 75.1 Å². The van der Waals surface area contributed by atoms with E-state index in [0.29, 0.717) is 0 Å². The Morgan fingerprint density at radius 2 is 1.02 bits per heavy atom. The van der Waals surface area contributed by atoms with Gasteiger partial charge in [-0.25, -0.2) is 0 Å². The van der Waals surface area contributed by atoms with Crippen LogP contribution in [0.15, 0.2) is 180 Å². The highest BCUT2D eigenvalue weighted by Crippen LogP contribution is 2.48. The first-order valence-electron chi connectivity index (χ1n) is 16.6. The van der Waals surface area contributed by atoms with Crippen LogP contribution in [0.4, 0.5) is 17.1 Å². The van der Waals surface area contributed by atoms with Crippen LogP contribution in [-0.4, -0.2) is 0 Å². The third-order valence-electron chi connectivity index (χ3n) is 9.69. The summed E-state index contributed by atoms with van der Waals surface area (Å²) < 4.78 is 9.02. The summed E-state index contributed by atoms with van der Waals surface area (Å²) in [6.45, 7) is 0. The number of benzene rings is 8. The number of para-hydroxylation sites is 2. The highest BCUT2D eigenvalue weighted by atomic mass is 32.1. The summed E-state index contributed by atoms with van der Waals surface area (Å²) in [5.74, 6) is 0. The SMILES string of the molecule is c1ccc(N(c2ccc(-c3cccc4ccccc34)cc2)c2cccc3oc4ccccc4c23)c(-c2cccc3c2sc2ccccc23)c1. The predicted octanol–water partition coefficient (Wildman–Crippen LogP) is 13.9. The Labute approximate surface area is 287 Å². The molecule has 0 spiro atoms. The largest absolute Gasteiger partial charge is 0.456 e. The average molecular weight is 644 g/mol. The third-order valence-corrected chi connectivity index (χ3v) is 10.9. The number of rotatable bonds is 5. The smallest absolute Gasteiger partial charge is 0.137 e. The van der Waals surface area contributed by atoms with Crippen molar-refractivity contribution in [3.05, 3.63) is 176 Å². The molecule has 0 amide bonds. The normalized spacial score (nSPS) is 11.7. The van der Waals surface area contributed by atoms with Gasteiger partial charge in [0.2, 0.25) is 0 Å². The van der Waals surface area contributed by atoms with Gasteiger partial charge in [-0.2, -0.15) is 0 Å². The second-order valence-electron chi connectivity index (χ2n) is 12.5. The van der Waals surface area contributed by atoms with Crippen LogP contribution in [0.2, 0.25) is 0 Å². The Bertz CT molecular complexity index is 2840. The molecule has 230 valence electrons. The molecule has 0 radical (unpaired) electrons. The van der Waals surface area contributed by atoms with Crippen molar-refractivity contribution in [1.82, 2.24) is 0 Å². The number of nitrogens with zero attached hydrogens (tertiary/aromatic N) is 1. The fourth-order valence-corrected chi connectivity index (χ4v) is 8.70. The third kappa shape index (κ3) is 4.47. The maximum atomic E-state index is 6.41. The van der Waals surface area contributed by atoms with Gasteiger partial charge in [-0.05, 0) is 64.4 Å². The molecule has 0 aliphatic rings. The standard InChI is InChI=1S/C46H29NOS/c1-2-14-33-30(12-1)13-9-18-34(33)31-26-28-32(29-27-31)47(41-22-11-24-43-45(41)39-17-4-7-23-42(39)48-43)40-21-6-3-15-35(40)37-19-10-20-38-36-16-5-8-25-44(36)49-46(37)38/h1-29H. The molecule has 10 rings (SSSR count). The number of fused-ring (bicyclic) bond motifs is 7. The molecule has 2 nitrogen and oxygen atoms in total. The minimum Gasteiger partial charge on any atom is -0.456 e. The zero-order valence-electron chi connectivity index (χ0n) is 26.5. The number of anilines is 3. The number of thiophene rings is 1. The van der Waals surface area contributed by atoms with Gasteiger partial charge < -0.3 is 9.32 Å². The monoisotopic (exact) mass is 643 g/mol. The van der Waals surface area contributed by atoms with Crippen molar-refractivity contribution in [1.29, 1.82) is 0 Å². The molecule has 10 aromatic rings. The maximum absolute atomic E-state index is 6.41. The van der Waals surface area contributed by atoms with Crippen molar-refractivity contribution >= 4 is 81.3 Å². The van der Waals surface area contributed by atoms with Crippen LogP contribution in [0.5, 0.6) is 0 Å².